The summed E-state index contributed by atoms with van der Waals surface area (Å²) in [5, 5.41) is 3.65. The molecule has 2 heteroatoms. The van der Waals surface area contributed by atoms with Gasteiger partial charge in [-0.05, 0) is 42.4 Å². The summed E-state index contributed by atoms with van der Waals surface area (Å²) in [7, 11) is 0. The molecular weight excluding hydrogens is 286 g/mol. The molecule has 0 amide bonds. The van der Waals surface area contributed by atoms with E-state index in [-0.39, 0.29) is 0 Å². The maximum Gasteiger partial charge on any atom is 0.0177 e. The summed E-state index contributed by atoms with van der Waals surface area (Å²) >= 11 is 3.58. The standard InChI is InChI=1S/C16H24BrN/c1-13(2)18-12-16(8-3-4-9-16)11-14-6-5-7-15(17)10-14/h5-7,10,13,18H,3-4,8-9,11-12H2,1-2H3. The number of rotatable bonds is 5. The van der Waals surface area contributed by atoms with Gasteiger partial charge in [0.25, 0.3) is 0 Å². The Balaban J connectivity index is 2.06. The van der Waals surface area contributed by atoms with Gasteiger partial charge in [0.2, 0.25) is 0 Å². The molecule has 1 nitrogen and oxygen atoms in total. The van der Waals surface area contributed by atoms with Crippen molar-refractivity contribution in [3.05, 3.63) is 34.3 Å². The van der Waals surface area contributed by atoms with Crippen LogP contribution in [0.15, 0.2) is 28.7 Å². The maximum atomic E-state index is 3.65. The van der Waals surface area contributed by atoms with Crippen molar-refractivity contribution >= 4 is 15.9 Å². The van der Waals surface area contributed by atoms with Gasteiger partial charge in [-0.3, -0.25) is 0 Å². The number of nitrogens with one attached hydrogen (secondary N) is 1. The third kappa shape index (κ3) is 3.83. The third-order valence-corrected chi connectivity index (χ3v) is 4.51. The van der Waals surface area contributed by atoms with Crippen molar-refractivity contribution in [2.24, 2.45) is 5.41 Å². The molecule has 0 heterocycles. The van der Waals surface area contributed by atoms with Crippen LogP contribution >= 0.6 is 15.9 Å². The van der Waals surface area contributed by atoms with E-state index in [1.807, 2.05) is 0 Å². The molecular formula is C16H24BrN. The lowest BCUT2D eigenvalue weighted by atomic mass is 9.80. The van der Waals surface area contributed by atoms with Crippen molar-refractivity contribution in [1.29, 1.82) is 0 Å². The minimum Gasteiger partial charge on any atom is -0.314 e. The van der Waals surface area contributed by atoms with Crippen LogP contribution in [0.25, 0.3) is 0 Å². The van der Waals surface area contributed by atoms with Gasteiger partial charge in [-0.25, -0.2) is 0 Å². The Morgan fingerprint density at radius 3 is 2.61 bits per heavy atom. The van der Waals surface area contributed by atoms with Crippen LogP contribution in [0.3, 0.4) is 0 Å². The second kappa shape index (κ2) is 6.21. The lowest BCUT2D eigenvalue weighted by Crippen LogP contribution is -2.37. The highest BCUT2D eigenvalue weighted by molar-refractivity contribution is 9.10. The van der Waals surface area contributed by atoms with Crippen LogP contribution in [0, 0.1) is 5.41 Å². The normalized spacial score (nSPS) is 18.4. The van der Waals surface area contributed by atoms with Gasteiger partial charge in [0.05, 0.1) is 0 Å². The Labute approximate surface area is 119 Å². The summed E-state index contributed by atoms with van der Waals surface area (Å²) in [6, 6.07) is 9.38. The number of benzene rings is 1. The molecule has 1 aliphatic rings. The highest BCUT2D eigenvalue weighted by atomic mass is 79.9. The second-order valence-electron chi connectivity index (χ2n) is 6.05. The van der Waals surface area contributed by atoms with Crippen LogP contribution in [0.1, 0.15) is 45.1 Å². The summed E-state index contributed by atoms with van der Waals surface area (Å²) < 4.78 is 1.20. The van der Waals surface area contributed by atoms with Crippen molar-refractivity contribution in [3.63, 3.8) is 0 Å². The molecule has 2 rings (SSSR count). The fourth-order valence-corrected chi connectivity index (χ4v) is 3.49. The molecule has 1 saturated carbocycles. The molecule has 0 atom stereocenters. The predicted octanol–water partition coefficient (Wildman–Crippen LogP) is 4.55. The Morgan fingerprint density at radius 1 is 1.28 bits per heavy atom. The fourth-order valence-electron chi connectivity index (χ4n) is 3.04. The molecule has 1 fully saturated rings. The predicted molar refractivity (Wildman–Crippen MR) is 81.9 cm³/mol. The first-order chi connectivity index (χ1) is 8.60. The van der Waals surface area contributed by atoms with Gasteiger partial charge in [-0.2, -0.15) is 0 Å². The van der Waals surface area contributed by atoms with Crippen LogP contribution < -0.4 is 5.32 Å². The first kappa shape index (κ1) is 14.1. The van der Waals surface area contributed by atoms with E-state index in [9.17, 15) is 0 Å². The van der Waals surface area contributed by atoms with Crippen molar-refractivity contribution in [3.8, 4) is 0 Å². The van der Waals surface area contributed by atoms with E-state index in [0.29, 0.717) is 11.5 Å². The quantitative estimate of drug-likeness (QED) is 0.841. The highest BCUT2D eigenvalue weighted by Crippen LogP contribution is 2.40. The number of hydrogen-bond donors (Lipinski definition) is 1. The summed E-state index contributed by atoms with van der Waals surface area (Å²) in [6.45, 7) is 5.64. The topological polar surface area (TPSA) is 12.0 Å². The average Bonchev–Trinajstić information content (AvgIpc) is 2.76. The van der Waals surface area contributed by atoms with Crippen LogP contribution in [-0.4, -0.2) is 12.6 Å². The van der Waals surface area contributed by atoms with Crippen LogP contribution in [0.5, 0.6) is 0 Å². The molecule has 0 bridgehead atoms. The van der Waals surface area contributed by atoms with E-state index in [1.165, 1.54) is 42.1 Å². The maximum absolute atomic E-state index is 3.65. The van der Waals surface area contributed by atoms with Crippen molar-refractivity contribution in [2.45, 2.75) is 52.0 Å². The summed E-state index contributed by atoms with van der Waals surface area (Å²) in [5.74, 6) is 0. The number of halogens is 1. The van der Waals surface area contributed by atoms with Crippen molar-refractivity contribution < 1.29 is 0 Å². The van der Waals surface area contributed by atoms with Crippen LogP contribution in [0.4, 0.5) is 0 Å². The lowest BCUT2D eigenvalue weighted by molar-refractivity contribution is 0.269. The highest BCUT2D eigenvalue weighted by Gasteiger charge is 2.33. The zero-order chi connectivity index (χ0) is 13.0. The molecule has 1 aliphatic carbocycles. The molecule has 0 aliphatic heterocycles. The Bertz CT molecular complexity index is 380. The van der Waals surface area contributed by atoms with Gasteiger partial charge in [0, 0.05) is 17.1 Å². The van der Waals surface area contributed by atoms with E-state index in [4.69, 9.17) is 0 Å². The SMILES string of the molecule is CC(C)NCC1(Cc2cccc(Br)c2)CCCC1. The van der Waals surface area contributed by atoms with E-state index in [0.717, 1.165) is 6.54 Å². The number of hydrogen-bond acceptors (Lipinski definition) is 1. The van der Waals surface area contributed by atoms with Gasteiger partial charge < -0.3 is 5.32 Å². The van der Waals surface area contributed by atoms with Crippen LogP contribution in [0.2, 0.25) is 0 Å². The Hall–Kier alpha value is -0.340. The summed E-state index contributed by atoms with van der Waals surface area (Å²) in [6.07, 6.45) is 6.76. The minimum absolute atomic E-state index is 0.491. The fraction of sp³-hybridized carbons (Fsp3) is 0.625. The molecule has 0 saturated heterocycles. The van der Waals surface area contributed by atoms with Gasteiger partial charge in [-0.1, -0.05) is 54.8 Å². The molecule has 0 aromatic heterocycles. The molecule has 100 valence electrons. The first-order valence-corrected chi connectivity index (χ1v) is 7.87. The van der Waals surface area contributed by atoms with Crippen molar-refractivity contribution in [1.82, 2.24) is 5.32 Å². The van der Waals surface area contributed by atoms with Gasteiger partial charge >= 0.3 is 0 Å². The van der Waals surface area contributed by atoms with E-state index in [1.54, 1.807) is 0 Å². The van der Waals surface area contributed by atoms with Crippen molar-refractivity contribution in [2.75, 3.05) is 6.54 Å². The minimum atomic E-state index is 0.491. The summed E-state index contributed by atoms with van der Waals surface area (Å²) in [5.41, 5.74) is 1.96. The molecule has 0 spiro atoms. The smallest absolute Gasteiger partial charge is 0.0177 e. The van der Waals surface area contributed by atoms with Gasteiger partial charge in [0.15, 0.2) is 0 Å². The molecule has 1 aromatic carbocycles. The molecule has 1 N–H and O–H groups in total. The third-order valence-electron chi connectivity index (χ3n) is 4.02. The molecule has 0 radical (unpaired) electrons. The largest absolute Gasteiger partial charge is 0.314 e. The Morgan fingerprint density at radius 2 is 2.00 bits per heavy atom. The van der Waals surface area contributed by atoms with E-state index < -0.39 is 0 Å². The monoisotopic (exact) mass is 309 g/mol. The van der Waals surface area contributed by atoms with Crippen LogP contribution in [-0.2, 0) is 6.42 Å². The first-order valence-electron chi connectivity index (χ1n) is 7.08. The van der Waals surface area contributed by atoms with E-state index in [2.05, 4.69) is 59.4 Å². The molecule has 0 unspecified atom stereocenters. The summed E-state index contributed by atoms with van der Waals surface area (Å²) in [4.78, 5) is 0. The van der Waals surface area contributed by atoms with Gasteiger partial charge in [0.1, 0.15) is 0 Å². The Kier molecular flexibility index (Phi) is 4.85. The molecule has 1 aromatic rings. The second-order valence-corrected chi connectivity index (χ2v) is 6.97. The zero-order valence-electron chi connectivity index (χ0n) is 11.5. The lowest BCUT2D eigenvalue weighted by Gasteiger charge is -2.30. The molecule has 18 heavy (non-hydrogen) atoms. The van der Waals surface area contributed by atoms with Gasteiger partial charge in [-0.15, -0.1) is 0 Å². The average molecular weight is 310 g/mol. The zero-order valence-corrected chi connectivity index (χ0v) is 13.1. The van der Waals surface area contributed by atoms with E-state index >= 15 is 0 Å².